The maximum atomic E-state index is 13.3. The molecule has 3 aromatic rings. The van der Waals surface area contributed by atoms with Gasteiger partial charge in [0.15, 0.2) is 0 Å². The first-order chi connectivity index (χ1) is 17.2. The van der Waals surface area contributed by atoms with Gasteiger partial charge >= 0.3 is 6.18 Å². The first kappa shape index (κ1) is 25.1. The summed E-state index contributed by atoms with van der Waals surface area (Å²) in [6, 6.07) is 7.37. The molecule has 1 aliphatic heterocycles. The molecule has 2 N–H and O–H groups in total. The van der Waals surface area contributed by atoms with E-state index in [-0.39, 0.29) is 24.3 Å². The maximum absolute atomic E-state index is 13.3. The molecule has 0 saturated heterocycles. The number of aromatic nitrogens is 3. The van der Waals surface area contributed by atoms with Crippen molar-refractivity contribution in [1.82, 2.24) is 19.9 Å². The number of benzene rings is 1. The van der Waals surface area contributed by atoms with E-state index in [1.807, 2.05) is 19.1 Å². The maximum Gasteiger partial charge on any atom is 0.390 e. The molecule has 2 amide bonds. The Balaban J connectivity index is 1.65. The van der Waals surface area contributed by atoms with Crippen LogP contribution in [0.4, 0.5) is 13.2 Å². The third-order valence-corrected chi connectivity index (χ3v) is 5.94. The second-order valence-corrected chi connectivity index (χ2v) is 8.35. The molecule has 11 heteroatoms. The molecule has 4 rings (SSSR count). The molecule has 3 heterocycles. The van der Waals surface area contributed by atoms with Crippen LogP contribution in [-0.4, -0.2) is 57.0 Å². The highest BCUT2D eigenvalue weighted by Crippen LogP contribution is 2.35. The van der Waals surface area contributed by atoms with Crippen LogP contribution >= 0.6 is 0 Å². The van der Waals surface area contributed by atoms with Crippen LogP contribution < -0.4 is 10.5 Å². The summed E-state index contributed by atoms with van der Waals surface area (Å²) in [5.41, 5.74) is 7.48. The molecule has 0 saturated carbocycles. The highest BCUT2D eigenvalue weighted by Gasteiger charge is 2.35. The Morgan fingerprint density at radius 1 is 1.11 bits per heavy atom. The highest BCUT2D eigenvalue weighted by molar-refractivity contribution is 5.95. The Morgan fingerprint density at radius 2 is 1.86 bits per heavy atom. The zero-order valence-corrected chi connectivity index (χ0v) is 19.5. The largest absolute Gasteiger partial charge is 0.491 e. The molecule has 0 aliphatic carbocycles. The molecular formula is C25H24F3N5O3. The van der Waals surface area contributed by atoms with E-state index in [1.54, 1.807) is 18.5 Å². The molecule has 1 aromatic carbocycles. The number of pyridine rings is 1. The molecule has 0 radical (unpaired) electrons. The minimum absolute atomic E-state index is 0.0185. The average molecular weight is 499 g/mol. The number of fused-ring (bicyclic) bond motifs is 1. The number of halogens is 3. The van der Waals surface area contributed by atoms with E-state index in [0.29, 0.717) is 18.0 Å². The number of amides is 2. The highest BCUT2D eigenvalue weighted by atomic mass is 19.4. The van der Waals surface area contributed by atoms with Crippen LogP contribution in [0.5, 0.6) is 5.75 Å². The van der Waals surface area contributed by atoms with E-state index < -0.39 is 37.0 Å². The van der Waals surface area contributed by atoms with Crippen molar-refractivity contribution >= 4 is 11.8 Å². The number of carbonyl (C=O) groups excluding carboxylic acids is 2. The van der Waals surface area contributed by atoms with Gasteiger partial charge in [-0.05, 0) is 23.8 Å². The summed E-state index contributed by atoms with van der Waals surface area (Å²) in [5, 5.41) is 0. The van der Waals surface area contributed by atoms with Crippen molar-refractivity contribution < 1.29 is 27.5 Å². The normalized spacial score (nSPS) is 15.1. The predicted molar refractivity (Wildman–Crippen MR) is 124 cm³/mol. The van der Waals surface area contributed by atoms with E-state index in [2.05, 4.69) is 15.0 Å². The van der Waals surface area contributed by atoms with Gasteiger partial charge < -0.3 is 15.4 Å². The van der Waals surface area contributed by atoms with Gasteiger partial charge in [-0.15, -0.1) is 0 Å². The van der Waals surface area contributed by atoms with Crippen LogP contribution in [0.3, 0.4) is 0 Å². The van der Waals surface area contributed by atoms with E-state index in [0.717, 1.165) is 27.8 Å². The Hall–Kier alpha value is -4.02. The fraction of sp³-hybridized carbons (Fsp3) is 0.320. The third kappa shape index (κ3) is 5.61. The molecule has 0 fully saturated rings. The summed E-state index contributed by atoms with van der Waals surface area (Å²) < 4.78 is 45.3. The lowest BCUT2D eigenvalue weighted by molar-refractivity contribution is -0.137. The number of hydrogen-bond acceptors (Lipinski definition) is 6. The summed E-state index contributed by atoms with van der Waals surface area (Å²) in [4.78, 5) is 38.4. The number of carbonyl (C=O) groups is 2. The Bertz CT molecular complexity index is 1250. The van der Waals surface area contributed by atoms with Crippen molar-refractivity contribution in [1.29, 1.82) is 0 Å². The Kier molecular flexibility index (Phi) is 7.18. The van der Waals surface area contributed by atoms with Gasteiger partial charge in [-0.1, -0.05) is 19.1 Å². The lowest BCUT2D eigenvalue weighted by Crippen LogP contribution is -2.48. The molecule has 1 aliphatic rings. The molecule has 36 heavy (non-hydrogen) atoms. The molecule has 8 nitrogen and oxygen atoms in total. The van der Waals surface area contributed by atoms with Crippen molar-refractivity contribution in [2.75, 3.05) is 13.2 Å². The molecule has 1 atom stereocenters. The fourth-order valence-corrected chi connectivity index (χ4v) is 4.05. The Morgan fingerprint density at radius 3 is 2.47 bits per heavy atom. The van der Waals surface area contributed by atoms with Gasteiger partial charge in [0.2, 0.25) is 5.91 Å². The number of ether oxygens (including phenoxy) is 1. The smallest absolute Gasteiger partial charge is 0.390 e. The SMILES string of the molecule is CCc1ncc(-c2cccc3c2C[C@H](N(CCC(F)(F)F)C(=O)c2ccc(C(N)=O)cn2)CO3)cn1. The predicted octanol–water partition coefficient (Wildman–Crippen LogP) is 3.60. The molecule has 188 valence electrons. The number of nitrogens with two attached hydrogens (primary N) is 1. The van der Waals surface area contributed by atoms with Crippen molar-refractivity contribution in [3.8, 4) is 16.9 Å². The number of primary amides is 1. The van der Waals surface area contributed by atoms with Crippen LogP contribution in [0.25, 0.3) is 11.1 Å². The first-order valence-corrected chi connectivity index (χ1v) is 11.4. The molecular weight excluding hydrogens is 475 g/mol. The molecule has 0 bridgehead atoms. The lowest BCUT2D eigenvalue weighted by atomic mass is 9.93. The molecule has 0 spiro atoms. The van der Waals surface area contributed by atoms with Gasteiger partial charge in [0.25, 0.3) is 5.91 Å². The van der Waals surface area contributed by atoms with Crippen molar-refractivity contribution in [3.05, 3.63) is 71.6 Å². The van der Waals surface area contributed by atoms with Gasteiger partial charge in [0.05, 0.1) is 18.0 Å². The Labute approximate surface area is 205 Å². The van der Waals surface area contributed by atoms with Crippen molar-refractivity contribution in [2.24, 2.45) is 5.73 Å². The monoisotopic (exact) mass is 499 g/mol. The van der Waals surface area contributed by atoms with Crippen molar-refractivity contribution in [3.63, 3.8) is 0 Å². The zero-order chi connectivity index (χ0) is 25.9. The van der Waals surface area contributed by atoms with Crippen LogP contribution in [0.15, 0.2) is 48.9 Å². The summed E-state index contributed by atoms with van der Waals surface area (Å²) in [6.07, 6.45) is -0.173. The molecule has 0 unspecified atom stereocenters. The quantitative estimate of drug-likeness (QED) is 0.532. The second kappa shape index (κ2) is 10.3. The number of nitrogens with zero attached hydrogens (tertiary/aromatic N) is 4. The van der Waals surface area contributed by atoms with E-state index in [1.165, 1.54) is 12.1 Å². The first-order valence-electron chi connectivity index (χ1n) is 11.4. The van der Waals surface area contributed by atoms with Gasteiger partial charge in [-0.25, -0.2) is 9.97 Å². The summed E-state index contributed by atoms with van der Waals surface area (Å²) in [6.45, 7) is 1.40. The summed E-state index contributed by atoms with van der Waals surface area (Å²) >= 11 is 0. The molecule has 2 aromatic heterocycles. The van der Waals surface area contributed by atoms with Crippen LogP contribution in [0.1, 0.15) is 45.6 Å². The average Bonchev–Trinajstić information content (AvgIpc) is 2.87. The number of hydrogen-bond donors (Lipinski definition) is 1. The van der Waals surface area contributed by atoms with Gasteiger partial charge in [-0.3, -0.25) is 14.6 Å². The third-order valence-electron chi connectivity index (χ3n) is 5.94. The van der Waals surface area contributed by atoms with Gasteiger partial charge in [0.1, 0.15) is 23.9 Å². The van der Waals surface area contributed by atoms with Gasteiger partial charge in [-0.2, -0.15) is 13.2 Å². The van der Waals surface area contributed by atoms with Crippen LogP contribution in [0, 0.1) is 0 Å². The number of aryl methyl sites for hydroxylation is 1. The lowest BCUT2D eigenvalue weighted by Gasteiger charge is -2.36. The topological polar surface area (TPSA) is 111 Å². The number of alkyl halides is 3. The summed E-state index contributed by atoms with van der Waals surface area (Å²) in [7, 11) is 0. The van der Waals surface area contributed by atoms with Gasteiger partial charge in [0, 0.05) is 49.1 Å². The minimum atomic E-state index is -4.46. The second-order valence-electron chi connectivity index (χ2n) is 8.35. The minimum Gasteiger partial charge on any atom is -0.491 e. The zero-order valence-electron chi connectivity index (χ0n) is 19.5. The fourth-order valence-electron chi connectivity index (χ4n) is 4.05. The van der Waals surface area contributed by atoms with Crippen molar-refractivity contribution in [2.45, 2.75) is 38.4 Å². The van der Waals surface area contributed by atoms with Crippen LogP contribution in [-0.2, 0) is 12.8 Å². The van der Waals surface area contributed by atoms with E-state index in [9.17, 15) is 22.8 Å². The number of rotatable bonds is 7. The standard InChI is InChI=1S/C25H24F3N5O3/c1-2-22-31-12-16(13-32-22)18-4-3-5-21-19(18)10-17(14-36-21)33(9-8-25(26,27)28)24(35)20-7-6-15(11-30-20)23(29)34/h3-7,11-13,17H,2,8-10,14H2,1H3,(H2,29,34)/t17-/m0/s1. The summed E-state index contributed by atoms with van der Waals surface area (Å²) in [5.74, 6) is -0.136. The van der Waals surface area contributed by atoms with Crippen LogP contribution in [0.2, 0.25) is 0 Å². The van der Waals surface area contributed by atoms with E-state index >= 15 is 0 Å². The van der Waals surface area contributed by atoms with E-state index in [4.69, 9.17) is 10.5 Å².